The summed E-state index contributed by atoms with van der Waals surface area (Å²) < 4.78 is 11.5. The number of furan rings is 1. The van der Waals surface area contributed by atoms with Crippen molar-refractivity contribution in [2.45, 2.75) is 19.5 Å². The summed E-state index contributed by atoms with van der Waals surface area (Å²) in [6, 6.07) is 8.19. The number of rotatable bonds is 4. The summed E-state index contributed by atoms with van der Waals surface area (Å²) in [7, 11) is 0. The van der Waals surface area contributed by atoms with Crippen molar-refractivity contribution >= 4 is 0 Å². The van der Waals surface area contributed by atoms with Crippen LogP contribution in [0.5, 0.6) is 0 Å². The van der Waals surface area contributed by atoms with E-state index in [1.165, 1.54) is 12.0 Å². The lowest BCUT2D eigenvalue weighted by atomic mass is 9.87. The van der Waals surface area contributed by atoms with Crippen LogP contribution in [0.4, 0.5) is 0 Å². The van der Waals surface area contributed by atoms with E-state index in [2.05, 4.69) is 26.9 Å². The first-order valence-electron chi connectivity index (χ1n) is 8.75. The van der Waals surface area contributed by atoms with Gasteiger partial charge in [-0.25, -0.2) is 0 Å². The van der Waals surface area contributed by atoms with E-state index >= 15 is 0 Å². The summed E-state index contributed by atoms with van der Waals surface area (Å²) in [4.78, 5) is 9.26. The Kier molecular flexibility index (Phi) is 4.65. The first-order valence-corrected chi connectivity index (χ1v) is 8.75. The van der Waals surface area contributed by atoms with Crippen molar-refractivity contribution in [3.63, 3.8) is 0 Å². The van der Waals surface area contributed by atoms with Crippen molar-refractivity contribution in [1.29, 1.82) is 0 Å². The summed E-state index contributed by atoms with van der Waals surface area (Å²) in [6.07, 6.45) is 6.75. The summed E-state index contributed by atoms with van der Waals surface area (Å²) >= 11 is 0. The Morgan fingerprint density at radius 1 is 1.08 bits per heavy atom. The fraction of sp³-hybridized carbons (Fsp3) is 0.526. The van der Waals surface area contributed by atoms with Gasteiger partial charge in [-0.3, -0.25) is 14.8 Å². The Morgan fingerprint density at radius 2 is 2.00 bits per heavy atom. The Hall–Kier alpha value is -1.69. The van der Waals surface area contributed by atoms with Gasteiger partial charge in [0.2, 0.25) is 0 Å². The Morgan fingerprint density at radius 3 is 2.79 bits per heavy atom. The van der Waals surface area contributed by atoms with Crippen LogP contribution < -0.4 is 0 Å². The maximum absolute atomic E-state index is 5.98. The molecule has 5 heteroatoms. The topological polar surface area (TPSA) is 41.7 Å². The first-order chi connectivity index (χ1) is 11.8. The van der Waals surface area contributed by atoms with Crippen molar-refractivity contribution in [1.82, 2.24) is 14.8 Å². The average molecular weight is 327 g/mol. The third-order valence-electron chi connectivity index (χ3n) is 5.13. The highest BCUT2D eigenvalue weighted by atomic mass is 16.5. The first kappa shape index (κ1) is 15.8. The van der Waals surface area contributed by atoms with Crippen LogP contribution >= 0.6 is 0 Å². The highest BCUT2D eigenvalue weighted by Gasteiger charge is 2.41. The molecule has 0 amide bonds. The number of nitrogens with zero attached hydrogens (tertiary/aromatic N) is 3. The number of hydrogen-bond donors (Lipinski definition) is 0. The Balaban J connectivity index is 1.40. The third kappa shape index (κ3) is 3.69. The van der Waals surface area contributed by atoms with E-state index in [9.17, 15) is 0 Å². The predicted molar refractivity (Wildman–Crippen MR) is 91.4 cm³/mol. The molecular formula is C19H25N3O2. The monoisotopic (exact) mass is 327 g/mol. The molecule has 2 aliphatic heterocycles. The number of ether oxygens (including phenoxy) is 1. The van der Waals surface area contributed by atoms with Crippen LogP contribution in [0.2, 0.25) is 0 Å². The smallest absolute Gasteiger partial charge is 0.117 e. The van der Waals surface area contributed by atoms with E-state index < -0.39 is 0 Å². The van der Waals surface area contributed by atoms with Gasteiger partial charge in [-0.1, -0.05) is 6.07 Å². The fourth-order valence-corrected chi connectivity index (χ4v) is 4.00. The van der Waals surface area contributed by atoms with Gasteiger partial charge in [0.05, 0.1) is 26.0 Å². The van der Waals surface area contributed by atoms with Gasteiger partial charge in [-0.05, 0) is 36.7 Å². The zero-order valence-corrected chi connectivity index (χ0v) is 14.1. The highest BCUT2D eigenvalue weighted by molar-refractivity contribution is 5.09. The molecule has 0 unspecified atom stereocenters. The van der Waals surface area contributed by atoms with E-state index in [1.54, 1.807) is 6.26 Å². The SMILES string of the molecule is c1cncc(CN2CCOC[C@@]3(CCN(Cc4ccco4)C3)C2)c1. The van der Waals surface area contributed by atoms with E-state index in [0.29, 0.717) is 0 Å². The molecule has 128 valence electrons. The molecule has 0 bridgehead atoms. The fourth-order valence-electron chi connectivity index (χ4n) is 4.00. The number of pyridine rings is 1. The molecule has 0 aliphatic carbocycles. The molecule has 4 heterocycles. The van der Waals surface area contributed by atoms with Gasteiger partial charge in [0.15, 0.2) is 0 Å². The highest BCUT2D eigenvalue weighted by Crippen LogP contribution is 2.34. The van der Waals surface area contributed by atoms with Crippen molar-refractivity contribution in [3.8, 4) is 0 Å². The third-order valence-corrected chi connectivity index (χ3v) is 5.13. The summed E-state index contributed by atoms with van der Waals surface area (Å²) in [5.74, 6) is 1.05. The van der Waals surface area contributed by atoms with Gasteiger partial charge in [0, 0.05) is 44.0 Å². The van der Waals surface area contributed by atoms with Crippen LogP contribution in [0.3, 0.4) is 0 Å². The van der Waals surface area contributed by atoms with Crippen LogP contribution in [-0.2, 0) is 17.8 Å². The minimum absolute atomic E-state index is 0.241. The summed E-state index contributed by atoms with van der Waals surface area (Å²) in [5.41, 5.74) is 1.52. The van der Waals surface area contributed by atoms with E-state index in [0.717, 1.165) is 58.2 Å². The molecule has 4 rings (SSSR count). The second-order valence-corrected chi connectivity index (χ2v) is 7.16. The van der Waals surface area contributed by atoms with Crippen molar-refractivity contribution < 1.29 is 9.15 Å². The van der Waals surface area contributed by atoms with Gasteiger partial charge in [-0.15, -0.1) is 0 Å². The molecule has 0 aromatic carbocycles. The molecule has 2 aliphatic rings. The van der Waals surface area contributed by atoms with Crippen LogP contribution in [-0.4, -0.2) is 54.2 Å². The standard InChI is InChI=1S/C19H25N3O2/c1-3-17(11-20-6-1)12-22-8-10-23-16-19(15-22)5-7-21(14-19)13-18-4-2-9-24-18/h1-4,6,9,11H,5,7-8,10,12-16H2/t19-/m1/s1. The molecule has 2 aromatic heterocycles. The normalized spacial score (nSPS) is 26.0. The van der Waals surface area contributed by atoms with E-state index in [4.69, 9.17) is 9.15 Å². The van der Waals surface area contributed by atoms with Gasteiger partial charge >= 0.3 is 0 Å². The maximum atomic E-state index is 5.98. The van der Waals surface area contributed by atoms with Crippen molar-refractivity contribution in [2.24, 2.45) is 5.41 Å². The molecule has 1 atom stereocenters. The Labute approximate surface area is 143 Å². The lowest BCUT2D eigenvalue weighted by Crippen LogP contribution is -2.40. The molecule has 2 fully saturated rings. The average Bonchev–Trinajstić information content (AvgIpc) is 3.19. The molecule has 5 nitrogen and oxygen atoms in total. The van der Waals surface area contributed by atoms with Crippen molar-refractivity contribution in [3.05, 3.63) is 54.2 Å². The molecule has 2 saturated heterocycles. The minimum Gasteiger partial charge on any atom is -0.468 e. The van der Waals surface area contributed by atoms with Crippen LogP contribution in [0.15, 0.2) is 47.3 Å². The summed E-state index contributed by atoms with van der Waals surface area (Å²) in [6.45, 7) is 7.83. The lowest BCUT2D eigenvalue weighted by Gasteiger charge is -2.32. The van der Waals surface area contributed by atoms with Gasteiger partial charge in [0.25, 0.3) is 0 Å². The molecular weight excluding hydrogens is 302 g/mol. The van der Waals surface area contributed by atoms with Gasteiger partial charge in [0.1, 0.15) is 5.76 Å². The van der Waals surface area contributed by atoms with Gasteiger partial charge < -0.3 is 9.15 Å². The van der Waals surface area contributed by atoms with Gasteiger partial charge in [-0.2, -0.15) is 0 Å². The number of likely N-dealkylation sites (tertiary alicyclic amines) is 1. The number of aromatic nitrogens is 1. The maximum Gasteiger partial charge on any atom is 0.117 e. The predicted octanol–water partition coefficient (Wildman–Crippen LogP) is 2.40. The number of hydrogen-bond acceptors (Lipinski definition) is 5. The Bertz CT molecular complexity index is 631. The zero-order valence-electron chi connectivity index (χ0n) is 14.1. The molecule has 1 spiro atoms. The lowest BCUT2D eigenvalue weighted by molar-refractivity contribution is 0.0701. The van der Waals surface area contributed by atoms with Crippen LogP contribution in [0, 0.1) is 5.41 Å². The van der Waals surface area contributed by atoms with E-state index in [-0.39, 0.29) is 5.41 Å². The molecule has 0 saturated carbocycles. The summed E-state index contributed by atoms with van der Waals surface area (Å²) in [5, 5.41) is 0. The largest absolute Gasteiger partial charge is 0.468 e. The van der Waals surface area contributed by atoms with Crippen LogP contribution in [0.25, 0.3) is 0 Å². The van der Waals surface area contributed by atoms with Crippen molar-refractivity contribution in [2.75, 3.05) is 39.4 Å². The zero-order chi connectivity index (χ0) is 16.2. The second-order valence-electron chi connectivity index (χ2n) is 7.16. The second kappa shape index (κ2) is 7.05. The molecule has 24 heavy (non-hydrogen) atoms. The molecule has 2 aromatic rings. The quantitative estimate of drug-likeness (QED) is 0.862. The molecule has 0 radical (unpaired) electrons. The molecule has 0 N–H and O–H groups in total. The minimum atomic E-state index is 0.241. The van der Waals surface area contributed by atoms with Crippen LogP contribution in [0.1, 0.15) is 17.7 Å². The van der Waals surface area contributed by atoms with E-state index in [1.807, 2.05) is 24.5 Å².